The van der Waals surface area contributed by atoms with Gasteiger partial charge in [0.1, 0.15) is 8.07 Å². The summed E-state index contributed by atoms with van der Waals surface area (Å²) in [6, 6.07) is 32.9. The predicted octanol–water partition coefficient (Wildman–Crippen LogP) is 6.46. The predicted molar refractivity (Wildman–Crippen MR) is 142 cm³/mol. The average Bonchev–Trinajstić information content (AvgIpc) is 2.77. The molecular weight excluding hydrogens is 404 g/mol. The van der Waals surface area contributed by atoms with Crippen molar-refractivity contribution in [1.82, 2.24) is 0 Å². The van der Waals surface area contributed by atoms with Crippen LogP contribution in [0.1, 0.15) is 39.7 Å². The van der Waals surface area contributed by atoms with Crippen LogP contribution in [0.2, 0.25) is 11.1 Å². The summed E-state index contributed by atoms with van der Waals surface area (Å²) in [6.07, 6.45) is 4.44. The van der Waals surface area contributed by atoms with Crippen LogP contribution in [0.3, 0.4) is 0 Å². The lowest BCUT2D eigenvalue weighted by Gasteiger charge is -2.45. The van der Waals surface area contributed by atoms with Crippen molar-refractivity contribution < 1.29 is 5.11 Å². The molecule has 1 N–H and O–H groups in total. The monoisotopic (exact) mass is 440 g/mol. The molecule has 0 heterocycles. The summed E-state index contributed by atoms with van der Waals surface area (Å²) >= 11 is 0. The van der Waals surface area contributed by atoms with Gasteiger partial charge in [0.25, 0.3) is 0 Å². The van der Waals surface area contributed by atoms with Crippen molar-refractivity contribution in [2.24, 2.45) is 0 Å². The highest BCUT2D eigenvalue weighted by Gasteiger charge is 2.47. The van der Waals surface area contributed by atoms with E-state index in [1.54, 1.807) is 0 Å². The van der Waals surface area contributed by atoms with Crippen LogP contribution >= 0.6 is 0 Å². The number of hydrogen-bond donors (Lipinski definition) is 1. The van der Waals surface area contributed by atoms with Crippen molar-refractivity contribution in [2.75, 3.05) is 0 Å². The molecule has 0 spiro atoms. The van der Waals surface area contributed by atoms with Crippen LogP contribution in [0.4, 0.5) is 0 Å². The lowest BCUT2D eigenvalue weighted by molar-refractivity contribution is 0.113. The minimum absolute atomic E-state index is 0.0738. The molecule has 0 aromatic heterocycles. The van der Waals surface area contributed by atoms with E-state index in [-0.39, 0.29) is 5.04 Å². The highest BCUT2D eigenvalue weighted by atomic mass is 28.3. The molecule has 1 nitrogen and oxygen atoms in total. The van der Waals surface area contributed by atoms with Gasteiger partial charge < -0.3 is 5.11 Å². The molecule has 1 unspecified atom stereocenters. The third-order valence-electron chi connectivity index (χ3n) is 6.37. The minimum Gasteiger partial charge on any atom is -0.386 e. The second-order valence-corrected chi connectivity index (χ2v) is 14.9. The van der Waals surface area contributed by atoms with Crippen LogP contribution in [0.5, 0.6) is 0 Å². The van der Waals surface area contributed by atoms with Crippen molar-refractivity contribution in [2.45, 2.75) is 50.8 Å². The van der Waals surface area contributed by atoms with Gasteiger partial charge in [-0.3, -0.25) is 0 Å². The van der Waals surface area contributed by atoms with Crippen LogP contribution in [0.15, 0.2) is 109 Å². The van der Waals surface area contributed by atoms with Crippen molar-refractivity contribution in [3.05, 3.63) is 115 Å². The Kier molecular flexibility index (Phi) is 7.38. The van der Waals surface area contributed by atoms with Gasteiger partial charge >= 0.3 is 0 Å². The van der Waals surface area contributed by atoms with Gasteiger partial charge in [-0.05, 0) is 30.0 Å². The van der Waals surface area contributed by atoms with Crippen LogP contribution in [0.25, 0.3) is 6.08 Å². The third kappa shape index (κ3) is 5.56. The molecule has 0 aliphatic rings. The van der Waals surface area contributed by atoms with Crippen LogP contribution in [-0.2, 0) is 0 Å². The van der Waals surface area contributed by atoms with Crippen molar-refractivity contribution in [3.63, 3.8) is 0 Å². The largest absolute Gasteiger partial charge is 0.386 e. The first-order valence-electron chi connectivity index (χ1n) is 11.4. The SMILES string of the molecule is C=C(CC(C)(O)/C=C/c1ccccc1)C[Si](c1ccccc1)(c1ccccc1)C(C)(C)C. The first-order valence-corrected chi connectivity index (χ1v) is 13.6. The van der Waals surface area contributed by atoms with E-state index >= 15 is 0 Å². The molecule has 0 saturated carbocycles. The molecule has 3 rings (SSSR count). The lowest BCUT2D eigenvalue weighted by Crippen LogP contribution is -2.64. The molecule has 3 aromatic rings. The third-order valence-corrected chi connectivity index (χ3v) is 12.6. The van der Waals surface area contributed by atoms with E-state index in [1.165, 1.54) is 10.4 Å². The van der Waals surface area contributed by atoms with Gasteiger partial charge in [-0.2, -0.15) is 0 Å². The summed E-state index contributed by atoms with van der Waals surface area (Å²) in [7, 11) is -2.23. The number of benzene rings is 3. The Morgan fingerprint density at radius 3 is 1.66 bits per heavy atom. The number of hydrogen-bond acceptors (Lipinski definition) is 1. The second kappa shape index (κ2) is 9.85. The zero-order chi connectivity index (χ0) is 23.2. The summed E-state index contributed by atoms with van der Waals surface area (Å²) < 4.78 is 0. The molecule has 166 valence electrons. The highest BCUT2D eigenvalue weighted by molar-refractivity contribution is 7.04. The van der Waals surface area contributed by atoms with Gasteiger partial charge in [0.05, 0.1) is 5.60 Å². The van der Waals surface area contributed by atoms with E-state index in [0.29, 0.717) is 6.42 Å². The molecule has 32 heavy (non-hydrogen) atoms. The van der Waals surface area contributed by atoms with E-state index < -0.39 is 13.7 Å². The van der Waals surface area contributed by atoms with Crippen molar-refractivity contribution >= 4 is 24.5 Å². The second-order valence-electron chi connectivity index (χ2n) is 10.1. The Bertz CT molecular complexity index is 989. The van der Waals surface area contributed by atoms with Gasteiger partial charge in [-0.25, -0.2) is 0 Å². The summed E-state index contributed by atoms with van der Waals surface area (Å²) in [6.45, 7) is 13.4. The lowest BCUT2D eigenvalue weighted by atomic mass is 9.96. The maximum absolute atomic E-state index is 11.2. The average molecular weight is 441 g/mol. The van der Waals surface area contributed by atoms with Gasteiger partial charge in [0.2, 0.25) is 0 Å². The van der Waals surface area contributed by atoms with Crippen LogP contribution in [0, 0.1) is 0 Å². The molecule has 0 bridgehead atoms. The Morgan fingerprint density at radius 1 is 0.781 bits per heavy atom. The van der Waals surface area contributed by atoms with Gasteiger partial charge in [0.15, 0.2) is 0 Å². The fourth-order valence-electron chi connectivity index (χ4n) is 4.79. The van der Waals surface area contributed by atoms with E-state index in [9.17, 15) is 5.11 Å². The maximum atomic E-state index is 11.2. The first-order chi connectivity index (χ1) is 15.1. The van der Waals surface area contributed by atoms with E-state index in [0.717, 1.165) is 17.2 Å². The maximum Gasteiger partial charge on any atom is 0.127 e. The number of aliphatic hydroxyl groups is 1. The van der Waals surface area contributed by atoms with E-state index in [4.69, 9.17) is 0 Å². The smallest absolute Gasteiger partial charge is 0.127 e. The fraction of sp³-hybridized carbons (Fsp3) is 0.267. The highest BCUT2D eigenvalue weighted by Crippen LogP contribution is 2.41. The molecule has 3 aromatic carbocycles. The van der Waals surface area contributed by atoms with Gasteiger partial charge in [-0.1, -0.05) is 140 Å². The Morgan fingerprint density at radius 2 is 1.22 bits per heavy atom. The standard InChI is InChI=1S/C30H36OSi/c1-25(23-30(5,31)22-21-26-15-9-6-10-16-26)24-32(29(2,3)4,27-17-11-7-12-18-27)28-19-13-8-14-20-28/h6-22,31H,1,23-24H2,2-5H3/b22-21+. The minimum atomic E-state index is -2.23. The molecule has 0 saturated heterocycles. The van der Waals surface area contributed by atoms with Crippen molar-refractivity contribution in [1.29, 1.82) is 0 Å². The Balaban J connectivity index is 1.95. The first kappa shape index (κ1) is 24.0. The molecule has 0 aliphatic heterocycles. The molecule has 0 amide bonds. The molecule has 0 aliphatic carbocycles. The Labute approximate surface area is 195 Å². The van der Waals surface area contributed by atoms with Gasteiger partial charge in [-0.15, -0.1) is 6.58 Å². The van der Waals surface area contributed by atoms with Crippen LogP contribution in [-0.4, -0.2) is 18.8 Å². The summed E-state index contributed by atoms with van der Waals surface area (Å²) in [5.74, 6) is 0. The topological polar surface area (TPSA) is 20.2 Å². The fourth-order valence-corrected chi connectivity index (χ4v) is 10.2. The van der Waals surface area contributed by atoms with E-state index in [2.05, 4.69) is 88.0 Å². The van der Waals surface area contributed by atoms with Crippen molar-refractivity contribution in [3.8, 4) is 0 Å². The number of rotatable bonds is 8. The van der Waals surface area contributed by atoms with E-state index in [1.807, 2.05) is 49.4 Å². The Hall–Kier alpha value is -2.68. The zero-order valence-corrected chi connectivity index (χ0v) is 20.9. The van der Waals surface area contributed by atoms with Crippen LogP contribution < -0.4 is 10.4 Å². The summed E-state index contributed by atoms with van der Waals surface area (Å²) in [4.78, 5) is 0. The molecular formula is C30H36OSi. The molecule has 1 atom stereocenters. The molecule has 0 radical (unpaired) electrons. The molecule has 2 heteroatoms. The molecule has 0 fully saturated rings. The summed E-state index contributed by atoms with van der Waals surface area (Å²) in [5, 5.41) is 14.1. The quantitative estimate of drug-likeness (QED) is 0.315. The summed E-state index contributed by atoms with van der Waals surface area (Å²) in [5.41, 5.74) is 1.24. The van der Waals surface area contributed by atoms with Gasteiger partial charge in [0, 0.05) is 0 Å². The zero-order valence-electron chi connectivity index (χ0n) is 19.9. The normalized spacial score (nSPS) is 14.3.